The molecule has 0 aromatic heterocycles. The Hall–Kier alpha value is -1.81. The molecule has 0 aliphatic heterocycles. The molecule has 0 saturated heterocycles. The standard InChI is InChI=1S/C26H37F/c1-9-10-13-22-14-15-23(21(5)25(22)27)18-24(19(2)3)17-20(4)12-11-16-26(6,7)8/h14-15,17,20H,2,9,11-12,16,18H2,1,3-8H3/b24-17+. The second kappa shape index (κ2) is 10.5. The lowest BCUT2D eigenvalue weighted by molar-refractivity contribution is 0.351. The van der Waals surface area contributed by atoms with E-state index >= 15 is 0 Å². The minimum Gasteiger partial charge on any atom is -0.205 e. The molecule has 0 fully saturated rings. The molecule has 1 aromatic carbocycles. The summed E-state index contributed by atoms with van der Waals surface area (Å²) in [4.78, 5) is 0. The fourth-order valence-electron chi connectivity index (χ4n) is 3.14. The molecule has 1 aromatic rings. The molecular formula is C26H37F. The molecule has 0 bridgehead atoms. The molecule has 27 heavy (non-hydrogen) atoms. The van der Waals surface area contributed by atoms with Gasteiger partial charge in [0.1, 0.15) is 5.82 Å². The number of rotatable bonds is 7. The first-order valence-electron chi connectivity index (χ1n) is 10.2. The second-order valence-corrected chi connectivity index (χ2v) is 8.95. The molecule has 0 aliphatic carbocycles. The summed E-state index contributed by atoms with van der Waals surface area (Å²) in [5, 5.41) is 0. The zero-order valence-electron chi connectivity index (χ0n) is 18.4. The van der Waals surface area contributed by atoms with Gasteiger partial charge < -0.3 is 0 Å². The van der Waals surface area contributed by atoms with Gasteiger partial charge in [0, 0.05) is 6.42 Å². The first-order valence-corrected chi connectivity index (χ1v) is 10.2. The van der Waals surface area contributed by atoms with Gasteiger partial charge in [-0.05, 0) is 67.2 Å². The molecule has 0 amide bonds. The number of hydrogen-bond donors (Lipinski definition) is 0. The molecule has 1 atom stereocenters. The summed E-state index contributed by atoms with van der Waals surface area (Å²) in [7, 11) is 0. The summed E-state index contributed by atoms with van der Waals surface area (Å²) in [6.07, 6.45) is 7.42. The Bertz CT molecular complexity index is 732. The van der Waals surface area contributed by atoms with E-state index in [1.54, 1.807) is 0 Å². The van der Waals surface area contributed by atoms with Gasteiger partial charge in [-0.2, -0.15) is 0 Å². The van der Waals surface area contributed by atoms with Crippen LogP contribution >= 0.6 is 0 Å². The van der Waals surface area contributed by atoms with E-state index in [4.69, 9.17) is 0 Å². The van der Waals surface area contributed by atoms with Gasteiger partial charge in [0.15, 0.2) is 0 Å². The third-order valence-corrected chi connectivity index (χ3v) is 4.90. The van der Waals surface area contributed by atoms with Crippen LogP contribution in [0.2, 0.25) is 0 Å². The summed E-state index contributed by atoms with van der Waals surface area (Å²) < 4.78 is 14.6. The summed E-state index contributed by atoms with van der Waals surface area (Å²) >= 11 is 0. The maximum absolute atomic E-state index is 14.6. The van der Waals surface area contributed by atoms with Gasteiger partial charge in [-0.15, -0.1) is 0 Å². The molecule has 1 heteroatoms. The van der Waals surface area contributed by atoms with E-state index in [2.05, 4.69) is 52.2 Å². The van der Waals surface area contributed by atoms with Crippen LogP contribution in [0.3, 0.4) is 0 Å². The van der Waals surface area contributed by atoms with Gasteiger partial charge in [0.05, 0.1) is 5.56 Å². The number of halogens is 1. The van der Waals surface area contributed by atoms with Crippen molar-refractivity contribution in [1.82, 2.24) is 0 Å². The smallest absolute Gasteiger partial charge is 0.142 e. The van der Waals surface area contributed by atoms with Crippen LogP contribution in [0.1, 0.15) is 83.9 Å². The molecule has 0 heterocycles. The monoisotopic (exact) mass is 368 g/mol. The van der Waals surface area contributed by atoms with E-state index in [1.807, 2.05) is 32.9 Å². The van der Waals surface area contributed by atoms with Gasteiger partial charge in [-0.25, -0.2) is 4.39 Å². The lowest BCUT2D eigenvalue weighted by Gasteiger charge is -2.19. The summed E-state index contributed by atoms with van der Waals surface area (Å²) in [6, 6.07) is 3.82. The molecule has 0 spiro atoms. The van der Waals surface area contributed by atoms with E-state index < -0.39 is 0 Å². The Balaban J connectivity index is 2.94. The van der Waals surface area contributed by atoms with Gasteiger partial charge in [0.25, 0.3) is 0 Å². The van der Waals surface area contributed by atoms with Crippen molar-refractivity contribution in [3.8, 4) is 11.8 Å². The first-order chi connectivity index (χ1) is 12.5. The molecule has 0 nitrogen and oxygen atoms in total. The Labute approximate surface area is 167 Å². The number of allylic oxidation sites excluding steroid dienone is 3. The van der Waals surface area contributed by atoms with Crippen molar-refractivity contribution in [2.45, 2.75) is 80.6 Å². The van der Waals surface area contributed by atoms with Crippen LogP contribution < -0.4 is 0 Å². The molecular weight excluding hydrogens is 331 g/mol. The van der Waals surface area contributed by atoms with Crippen LogP contribution in [-0.4, -0.2) is 0 Å². The second-order valence-electron chi connectivity index (χ2n) is 8.95. The van der Waals surface area contributed by atoms with Gasteiger partial charge in [-0.3, -0.25) is 0 Å². The van der Waals surface area contributed by atoms with Crippen LogP contribution in [0.4, 0.5) is 4.39 Å². The molecule has 1 unspecified atom stereocenters. The van der Waals surface area contributed by atoms with E-state index in [1.165, 1.54) is 24.8 Å². The highest BCUT2D eigenvalue weighted by atomic mass is 19.1. The molecule has 0 radical (unpaired) electrons. The van der Waals surface area contributed by atoms with Crippen LogP contribution in [0.25, 0.3) is 0 Å². The normalized spacial score (nSPS) is 13.1. The number of hydrogen-bond acceptors (Lipinski definition) is 0. The van der Waals surface area contributed by atoms with Gasteiger partial charge in [-0.1, -0.05) is 77.2 Å². The lowest BCUT2D eigenvalue weighted by atomic mass is 9.87. The van der Waals surface area contributed by atoms with E-state index in [0.717, 1.165) is 24.0 Å². The van der Waals surface area contributed by atoms with Crippen molar-refractivity contribution < 1.29 is 4.39 Å². The highest BCUT2D eigenvalue weighted by Crippen LogP contribution is 2.26. The third kappa shape index (κ3) is 8.17. The van der Waals surface area contributed by atoms with Crippen molar-refractivity contribution in [2.24, 2.45) is 11.3 Å². The van der Waals surface area contributed by atoms with Crippen LogP contribution in [0.5, 0.6) is 0 Å². The Kier molecular flexibility index (Phi) is 9.04. The maximum Gasteiger partial charge on any atom is 0.142 e. The van der Waals surface area contributed by atoms with Crippen molar-refractivity contribution in [2.75, 3.05) is 0 Å². The molecule has 0 N–H and O–H groups in total. The highest BCUT2D eigenvalue weighted by Gasteiger charge is 2.13. The van der Waals surface area contributed by atoms with E-state index in [9.17, 15) is 4.39 Å². The average molecular weight is 369 g/mol. The topological polar surface area (TPSA) is 0 Å². The van der Waals surface area contributed by atoms with Crippen LogP contribution in [0.15, 0.2) is 35.9 Å². The van der Waals surface area contributed by atoms with Crippen molar-refractivity contribution >= 4 is 0 Å². The quantitative estimate of drug-likeness (QED) is 0.340. The van der Waals surface area contributed by atoms with E-state index in [-0.39, 0.29) is 5.82 Å². The Morgan fingerprint density at radius 2 is 1.96 bits per heavy atom. The SMILES string of the molecule is C=C(C)/C(=C/C(C)CCCC(C)(C)C)Cc1ccc(C#CCC)c(F)c1C. The minimum absolute atomic E-state index is 0.187. The van der Waals surface area contributed by atoms with Crippen LogP contribution in [0, 0.1) is 35.9 Å². The lowest BCUT2D eigenvalue weighted by Crippen LogP contribution is -2.06. The zero-order valence-corrected chi connectivity index (χ0v) is 18.4. The third-order valence-electron chi connectivity index (χ3n) is 4.90. The first kappa shape index (κ1) is 23.2. The fourth-order valence-corrected chi connectivity index (χ4v) is 3.14. The van der Waals surface area contributed by atoms with Crippen LogP contribution in [-0.2, 0) is 6.42 Å². The highest BCUT2D eigenvalue weighted by molar-refractivity contribution is 5.45. The summed E-state index contributed by atoms with van der Waals surface area (Å²) in [5.74, 6) is 6.18. The zero-order chi connectivity index (χ0) is 20.6. The minimum atomic E-state index is -0.187. The van der Waals surface area contributed by atoms with Crippen molar-refractivity contribution in [3.63, 3.8) is 0 Å². The fraction of sp³-hybridized carbons (Fsp3) is 0.538. The average Bonchev–Trinajstić information content (AvgIpc) is 2.56. The number of benzene rings is 1. The maximum atomic E-state index is 14.6. The molecule has 148 valence electrons. The summed E-state index contributed by atoms with van der Waals surface area (Å²) in [5.41, 5.74) is 4.88. The van der Waals surface area contributed by atoms with Crippen molar-refractivity contribution in [1.29, 1.82) is 0 Å². The summed E-state index contributed by atoms with van der Waals surface area (Å²) in [6.45, 7) is 19.2. The van der Waals surface area contributed by atoms with E-state index in [0.29, 0.717) is 22.5 Å². The van der Waals surface area contributed by atoms with Gasteiger partial charge >= 0.3 is 0 Å². The predicted octanol–water partition coefficient (Wildman–Crippen LogP) is 7.79. The molecule has 1 rings (SSSR count). The largest absolute Gasteiger partial charge is 0.205 e. The van der Waals surface area contributed by atoms with Crippen molar-refractivity contribution in [3.05, 3.63) is 58.4 Å². The van der Waals surface area contributed by atoms with Gasteiger partial charge in [0.2, 0.25) is 0 Å². The molecule has 0 saturated carbocycles. The Morgan fingerprint density at radius 3 is 2.52 bits per heavy atom. The Morgan fingerprint density at radius 1 is 1.30 bits per heavy atom. The predicted molar refractivity (Wildman–Crippen MR) is 117 cm³/mol. The molecule has 0 aliphatic rings.